The van der Waals surface area contributed by atoms with E-state index in [2.05, 4.69) is 33.9 Å². The van der Waals surface area contributed by atoms with E-state index in [4.69, 9.17) is 4.42 Å². The van der Waals surface area contributed by atoms with Crippen LogP contribution in [0.25, 0.3) is 10.6 Å². The molecule has 0 aliphatic carbocycles. The Kier molecular flexibility index (Phi) is 3.71. The lowest BCUT2D eigenvalue weighted by Crippen LogP contribution is -2.17. The van der Waals surface area contributed by atoms with Crippen molar-refractivity contribution in [3.8, 4) is 10.6 Å². The molecule has 2 N–H and O–H groups in total. The molecule has 20 heavy (non-hydrogen) atoms. The Morgan fingerprint density at radius 2 is 2.30 bits per heavy atom. The second-order valence-electron chi connectivity index (χ2n) is 4.80. The predicted molar refractivity (Wildman–Crippen MR) is 80.6 cm³/mol. The van der Waals surface area contributed by atoms with E-state index in [1.165, 1.54) is 10.4 Å². The average Bonchev–Trinajstić information content (AvgIpc) is 3.16. The lowest BCUT2D eigenvalue weighted by atomic mass is 10.2. The van der Waals surface area contributed by atoms with Crippen molar-refractivity contribution in [1.82, 2.24) is 15.5 Å². The van der Waals surface area contributed by atoms with E-state index in [1.807, 2.05) is 31.3 Å². The Labute approximate surface area is 121 Å². The van der Waals surface area contributed by atoms with E-state index in [0.717, 1.165) is 23.8 Å². The number of aromatic nitrogens is 2. The predicted octanol–water partition coefficient (Wildman–Crippen LogP) is 3.89. The average molecular weight is 287 g/mol. The van der Waals surface area contributed by atoms with Gasteiger partial charge in [-0.25, -0.2) is 0 Å². The first-order valence-corrected chi connectivity index (χ1v) is 7.48. The van der Waals surface area contributed by atoms with Crippen LogP contribution in [0.4, 0.5) is 0 Å². The molecule has 3 rings (SSSR count). The van der Waals surface area contributed by atoms with Crippen LogP contribution in [-0.2, 0) is 6.54 Å². The number of nitrogens with zero attached hydrogens (tertiary/aromatic N) is 1. The van der Waals surface area contributed by atoms with Gasteiger partial charge in [0.2, 0.25) is 0 Å². The maximum Gasteiger partial charge on any atom is 0.120 e. The van der Waals surface area contributed by atoms with Crippen molar-refractivity contribution in [2.75, 3.05) is 0 Å². The lowest BCUT2D eigenvalue weighted by Gasteiger charge is -2.11. The maximum absolute atomic E-state index is 5.63. The van der Waals surface area contributed by atoms with Gasteiger partial charge < -0.3 is 9.73 Å². The van der Waals surface area contributed by atoms with Crippen LogP contribution in [0, 0.1) is 6.92 Å². The summed E-state index contributed by atoms with van der Waals surface area (Å²) in [4.78, 5) is 1.21. The minimum atomic E-state index is 0.176. The van der Waals surface area contributed by atoms with Gasteiger partial charge in [0.25, 0.3) is 0 Å². The highest BCUT2D eigenvalue weighted by Gasteiger charge is 2.12. The van der Waals surface area contributed by atoms with Gasteiger partial charge in [-0.1, -0.05) is 6.07 Å². The van der Waals surface area contributed by atoms with Gasteiger partial charge >= 0.3 is 0 Å². The van der Waals surface area contributed by atoms with E-state index in [-0.39, 0.29) is 6.04 Å². The lowest BCUT2D eigenvalue weighted by molar-refractivity contribution is 0.416. The number of furan rings is 1. The molecule has 0 radical (unpaired) electrons. The molecule has 0 saturated heterocycles. The molecule has 0 spiro atoms. The fourth-order valence-electron chi connectivity index (χ4n) is 2.13. The number of aryl methyl sites for hydroxylation is 1. The van der Waals surface area contributed by atoms with E-state index < -0.39 is 0 Å². The van der Waals surface area contributed by atoms with E-state index >= 15 is 0 Å². The number of rotatable bonds is 5. The topological polar surface area (TPSA) is 53.9 Å². The van der Waals surface area contributed by atoms with Gasteiger partial charge in [0.1, 0.15) is 11.5 Å². The first-order valence-electron chi connectivity index (χ1n) is 6.60. The summed E-state index contributed by atoms with van der Waals surface area (Å²) in [5.41, 5.74) is 2.26. The third-order valence-electron chi connectivity index (χ3n) is 3.27. The van der Waals surface area contributed by atoms with Crippen LogP contribution in [0.15, 0.2) is 40.3 Å². The fourth-order valence-corrected chi connectivity index (χ4v) is 2.88. The van der Waals surface area contributed by atoms with Gasteiger partial charge in [-0.2, -0.15) is 5.10 Å². The number of hydrogen-bond donors (Lipinski definition) is 2. The first kappa shape index (κ1) is 13.1. The molecule has 3 heterocycles. The second-order valence-corrected chi connectivity index (χ2v) is 5.75. The van der Waals surface area contributed by atoms with Crippen molar-refractivity contribution in [3.63, 3.8) is 0 Å². The monoisotopic (exact) mass is 287 g/mol. The molecule has 0 fully saturated rings. The van der Waals surface area contributed by atoms with Crippen LogP contribution in [0.5, 0.6) is 0 Å². The summed E-state index contributed by atoms with van der Waals surface area (Å²) in [6, 6.07) is 8.33. The highest BCUT2D eigenvalue weighted by atomic mass is 32.1. The molecular weight excluding hydrogens is 270 g/mol. The van der Waals surface area contributed by atoms with Crippen molar-refractivity contribution in [2.24, 2.45) is 0 Å². The first-order chi connectivity index (χ1) is 9.74. The van der Waals surface area contributed by atoms with Crippen LogP contribution >= 0.6 is 11.3 Å². The van der Waals surface area contributed by atoms with Gasteiger partial charge in [-0.15, -0.1) is 11.3 Å². The maximum atomic E-state index is 5.63. The molecule has 0 saturated carbocycles. The van der Waals surface area contributed by atoms with Gasteiger partial charge in [-0.3, -0.25) is 5.10 Å². The van der Waals surface area contributed by atoms with Crippen molar-refractivity contribution in [2.45, 2.75) is 26.4 Å². The number of hydrogen-bond acceptors (Lipinski definition) is 4. The van der Waals surface area contributed by atoms with Gasteiger partial charge in [0, 0.05) is 12.1 Å². The Bertz CT molecular complexity index is 669. The molecule has 5 heteroatoms. The van der Waals surface area contributed by atoms with E-state index in [0.29, 0.717) is 0 Å². The zero-order chi connectivity index (χ0) is 13.9. The summed E-state index contributed by atoms with van der Waals surface area (Å²) in [5.74, 6) is 1.90. The SMILES string of the molecule is Cc1ccc(C(C)NCc2cn[nH]c2-c2cccs2)o1. The van der Waals surface area contributed by atoms with Crippen LogP contribution in [0.3, 0.4) is 0 Å². The minimum Gasteiger partial charge on any atom is -0.465 e. The van der Waals surface area contributed by atoms with Crippen molar-refractivity contribution in [1.29, 1.82) is 0 Å². The third-order valence-corrected chi connectivity index (χ3v) is 4.16. The van der Waals surface area contributed by atoms with Gasteiger partial charge in [0.05, 0.1) is 22.8 Å². The molecular formula is C15H17N3OS. The molecule has 3 aromatic heterocycles. The third kappa shape index (κ3) is 2.69. The molecule has 0 amide bonds. The van der Waals surface area contributed by atoms with Crippen molar-refractivity contribution >= 4 is 11.3 Å². The van der Waals surface area contributed by atoms with Crippen LogP contribution in [0.2, 0.25) is 0 Å². The quantitative estimate of drug-likeness (QED) is 0.748. The zero-order valence-corrected chi connectivity index (χ0v) is 12.3. The normalized spacial score (nSPS) is 12.7. The Morgan fingerprint density at radius 1 is 1.40 bits per heavy atom. The number of nitrogens with one attached hydrogen (secondary N) is 2. The summed E-state index contributed by atoms with van der Waals surface area (Å²) in [7, 11) is 0. The number of H-pyrrole nitrogens is 1. The molecule has 4 nitrogen and oxygen atoms in total. The van der Waals surface area contributed by atoms with Gasteiger partial charge in [-0.05, 0) is 37.4 Å². The molecule has 3 aromatic rings. The standard InChI is InChI=1S/C15H17N3OS/c1-10-5-6-13(19-10)11(2)16-8-12-9-17-18-15(12)14-4-3-7-20-14/h3-7,9,11,16H,8H2,1-2H3,(H,17,18). The van der Waals surface area contributed by atoms with Crippen LogP contribution < -0.4 is 5.32 Å². The highest BCUT2D eigenvalue weighted by molar-refractivity contribution is 7.13. The summed E-state index contributed by atoms with van der Waals surface area (Å²) in [5, 5.41) is 12.8. The number of thiophene rings is 1. The van der Waals surface area contributed by atoms with Crippen LogP contribution in [0.1, 0.15) is 30.0 Å². The molecule has 0 aromatic carbocycles. The van der Waals surface area contributed by atoms with E-state index in [1.54, 1.807) is 11.3 Å². The Balaban J connectivity index is 1.69. The summed E-state index contributed by atoms with van der Waals surface area (Å²) in [6.07, 6.45) is 1.88. The molecule has 104 valence electrons. The zero-order valence-electron chi connectivity index (χ0n) is 11.5. The molecule has 0 aliphatic heterocycles. The smallest absolute Gasteiger partial charge is 0.120 e. The molecule has 1 unspecified atom stereocenters. The fraction of sp³-hybridized carbons (Fsp3) is 0.267. The largest absolute Gasteiger partial charge is 0.465 e. The molecule has 0 aliphatic rings. The van der Waals surface area contributed by atoms with Crippen LogP contribution in [-0.4, -0.2) is 10.2 Å². The number of aromatic amines is 1. The summed E-state index contributed by atoms with van der Waals surface area (Å²) < 4.78 is 5.63. The van der Waals surface area contributed by atoms with E-state index in [9.17, 15) is 0 Å². The van der Waals surface area contributed by atoms with Gasteiger partial charge in [0.15, 0.2) is 0 Å². The Morgan fingerprint density at radius 3 is 3.00 bits per heavy atom. The molecule has 0 bridgehead atoms. The van der Waals surface area contributed by atoms with Crippen molar-refractivity contribution < 1.29 is 4.42 Å². The highest BCUT2D eigenvalue weighted by Crippen LogP contribution is 2.26. The second kappa shape index (κ2) is 5.64. The minimum absolute atomic E-state index is 0.176. The summed E-state index contributed by atoms with van der Waals surface area (Å²) >= 11 is 1.71. The Hall–Kier alpha value is -1.85. The van der Waals surface area contributed by atoms with Crippen molar-refractivity contribution in [3.05, 3.63) is 52.9 Å². The summed E-state index contributed by atoms with van der Waals surface area (Å²) in [6.45, 7) is 4.81. The molecule has 1 atom stereocenters.